The topological polar surface area (TPSA) is 70.8 Å². The highest BCUT2D eigenvalue weighted by atomic mass is 19.1. The third-order valence-corrected chi connectivity index (χ3v) is 2.54. The summed E-state index contributed by atoms with van der Waals surface area (Å²) in [5.41, 5.74) is -0.288. The summed E-state index contributed by atoms with van der Waals surface area (Å²) in [7, 11) is 1.49. The average molecular weight is 269 g/mol. The van der Waals surface area contributed by atoms with E-state index < -0.39 is 23.1 Å². The highest BCUT2D eigenvalue weighted by molar-refractivity contribution is 5.46. The molecule has 0 fully saturated rings. The van der Waals surface area contributed by atoms with E-state index in [0.29, 0.717) is 0 Å². The van der Waals surface area contributed by atoms with Gasteiger partial charge in [-0.05, 0) is 18.2 Å². The van der Waals surface area contributed by atoms with Crippen molar-refractivity contribution in [1.29, 1.82) is 0 Å². The first kappa shape index (κ1) is 13.4. The highest BCUT2D eigenvalue weighted by Gasteiger charge is 2.22. The second kappa shape index (κ2) is 5.77. The SMILES string of the molecule is COC1C=CC(Oc2cc(F)ccc2[N+](=O)[O-])CO1. The minimum Gasteiger partial charge on any atom is -0.477 e. The van der Waals surface area contributed by atoms with Crippen molar-refractivity contribution in [3.8, 4) is 5.75 Å². The van der Waals surface area contributed by atoms with Crippen LogP contribution in [0.5, 0.6) is 5.75 Å². The lowest BCUT2D eigenvalue weighted by molar-refractivity contribution is -0.386. The van der Waals surface area contributed by atoms with Gasteiger partial charge in [-0.15, -0.1) is 0 Å². The molecule has 1 aliphatic heterocycles. The number of halogens is 1. The van der Waals surface area contributed by atoms with Gasteiger partial charge in [0.25, 0.3) is 0 Å². The number of hydrogen-bond acceptors (Lipinski definition) is 5. The molecule has 1 heterocycles. The maximum absolute atomic E-state index is 13.1. The van der Waals surface area contributed by atoms with Gasteiger partial charge in [-0.25, -0.2) is 4.39 Å². The van der Waals surface area contributed by atoms with Crippen molar-refractivity contribution < 1.29 is 23.5 Å². The van der Waals surface area contributed by atoms with Crippen molar-refractivity contribution in [3.63, 3.8) is 0 Å². The Labute approximate surface area is 108 Å². The summed E-state index contributed by atoms with van der Waals surface area (Å²) in [6, 6.07) is 3.06. The Bertz CT molecular complexity index is 505. The van der Waals surface area contributed by atoms with Crippen molar-refractivity contribution in [3.05, 3.63) is 46.3 Å². The van der Waals surface area contributed by atoms with Gasteiger partial charge in [0.15, 0.2) is 6.29 Å². The molecule has 1 aromatic carbocycles. The second-order valence-electron chi connectivity index (χ2n) is 3.85. The predicted molar refractivity (Wildman–Crippen MR) is 63.4 cm³/mol. The van der Waals surface area contributed by atoms with Gasteiger partial charge in [0, 0.05) is 19.2 Å². The van der Waals surface area contributed by atoms with Crippen molar-refractivity contribution >= 4 is 5.69 Å². The molecule has 2 atom stereocenters. The molecule has 0 saturated carbocycles. The van der Waals surface area contributed by atoms with E-state index in [9.17, 15) is 14.5 Å². The van der Waals surface area contributed by atoms with Crippen LogP contribution in [0.15, 0.2) is 30.4 Å². The quantitative estimate of drug-likeness (QED) is 0.475. The van der Waals surface area contributed by atoms with Crippen LogP contribution in [0.2, 0.25) is 0 Å². The second-order valence-corrected chi connectivity index (χ2v) is 3.85. The molecule has 19 heavy (non-hydrogen) atoms. The Balaban J connectivity index is 2.15. The normalized spacial score (nSPS) is 22.2. The molecule has 2 unspecified atom stereocenters. The van der Waals surface area contributed by atoms with Gasteiger partial charge >= 0.3 is 5.69 Å². The van der Waals surface area contributed by atoms with Gasteiger partial charge in [-0.1, -0.05) is 0 Å². The van der Waals surface area contributed by atoms with Crippen molar-refractivity contribution in [2.45, 2.75) is 12.4 Å². The molecule has 0 spiro atoms. The fraction of sp³-hybridized carbons (Fsp3) is 0.333. The lowest BCUT2D eigenvalue weighted by Gasteiger charge is -2.23. The molecular formula is C12H12FNO5. The molecule has 0 aliphatic carbocycles. The molecular weight excluding hydrogens is 257 g/mol. The van der Waals surface area contributed by atoms with E-state index in [1.54, 1.807) is 12.2 Å². The summed E-state index contributed by atoms with van der Waals surface area (Å²) in [5.74, 6) is -0.727. The van der Waals surface area contributed by atoms with Crippen LogP contribution in [0.25, 0.3) is 0 Å². The zero-order valence-electron chi connectivity index (χ0n) is 10.1. The molecule has 0 aromatic heterocycles. The number of ether oxygens (including phenoxy) is 3. The lowest BCUT2D eigenvalue weighted by atomic mass is 10.2. The van der Waals surface area contributed by atoms with Crippen LogP contribution in [0.4, 0.5) is 10.1 Å². The number of hydrogen-bond donors (Lipinski definition) is 0. The first-order valence-corrected chi connectivity index (χ1v) is 5.53. The maximum atomic E-state index is 13.1. The summed E-state index contributed by atoms with van der Waals surface area (Å²) >= 11 is 0. The van der Waals surface area contributed by atoms with Crippen molar-refractivity contribution in [1.82, 2.24) is 0 Å². The fourth-order valence-electron chi connectivity index (χ4n) is 1.63. The Morgan fingerprint density at radius 1 is 1.47 bits per heavy atom. The van der Waals surface area contributed by atoms with Crippen LogP contribution < -0.4 is 4.74 Å². The Morgan fingerprint density at radius 3 is 2.84 bits per heavy atom. The molecule has 7 heteroatoms. The molecule has 6 nitrogen and oxygen atoms in total. The average Bonchev–Trinajstić information content (AvgIpc) is 2.39. The summed E-state index contributed by atoms with van der Waals surface area (Å²) in [6.45, 7) is 0.169. The van der Waals surface area contributed by atoms with Crippen LogP contribution >= 0.6 is 0 Å². The largest absolute Gasteiger partial charge is 0.477 e. The molecule has 1 aliphatic rings. The molecule has 102 valence electrons. The maximum Gasteiger partial charge on any atom is 0.311 e. The number of rotatable bonds is 4. The molecule has 2 rings (SSSR count). The van der Waals surface area contributed by atoms with E-state index in [0.717, 1.165) is 18.2 Å². The molecule has 0 bridgehead atoms. The molecule has 0 radical (unpaired) electrons. The lowest BCUT2D eigenvalue weighted by Crippen LogP contribution is -2.29. The van der Waals surface area contributed by atoms with Gasteiger partial charge in [0.05, 0.1) is 11.5 Å². The third kappa shape index (κ3) is 3.27. The summed E-state index contributed by atoms with van der Waals surface area (Å²) in [5, 5.41) is 10.8. The highest BCUT2D eigenvalue weighted by Crippen LogP contribution is 2.29. The van der Waals surface area contributed by atoms with Crippen molar-refractivity contribution in [2.24, 2.45) is 0 Å². The van der Waals surface area contributed by atoms with Gasteiger partial charge < -0.3 is 14.2 Å². The number of benzene rings is 1. The number of methoxy groups -OCH3 is 1. The third-order valence-electron chi connectivity index (χ3n) is 2.54. The molecule has 0 amide bonds. The smallest absolute Gasteiger partial charge is 0.311 e. The van der Waals surface area contributed by atoms with E-state index in [2.05, 4.69) is 0 Å². The molecule has 0 N–H and O–H groups in total. The van der Waals surface area contributed by atoms with E-state index >= 15 is 0 Å². The Morgan fingerprint density at radius 2 is 2.26 bits per heavy atom. The predicted octanol–water partition coefficient (Wildman–Crippen LogP) is 2.04. The number of nitrogens with zero attached hydrogens (tertiary/aromatic N) is 1. The molecule has 1 aromatic rings. The van der Waals surface area contributed by atoms with Crippen LogP contribution in [0.3, 0.4) is 0 Å². The Hall–Kier alpha value is -1.99. The fourth-order valence-corrected chi connectivity index (χ4v) is 1.63. The van der Waals surface area contributed by atoms with E-state index in [1.165, 1.54) is 7.11 Å². The summed E-state index contributed by atoms with van der Waals surface area (Å²) < 4.78 is 28.7. The summed E-state index contributed by atoms with van der Waals surface area (Å²) in [6.07, 6.45) is 2.31. The van der Waals surface area contributed by atoms with E-state index in [-0.39, 0.29) is 18.0 Å². The number of nitro benzene ring substituents is 1. The monoisotopic (exact) mass is 269 g/mol. The van der Waals surface area contributed by atoms with Crippen LogP contribution in [-0.2, 0) is 9.47 Å². The summed E-state index contributed by atoms with van der Waals surface area (Å²) in [4.78, 5) is 10.2. The zero-order valence-corrected chi connectivity index (χ0v) is 10.1. The zero-order chi connectivity index (χ0) is 13.8. The standard InChI is InChI=1S/C12H12FNO5/c1-17-12-5-3-9(7-18-12)19-11-6-8(13)2-4-10(11)14(15)16/h2-6,9,12H,7H2,1H3. The minimum absolute atomic E-state index is 0.126. The first-order chi connectivity index (χ1) is 9.10. The minimum atomic E-state index is -0.625. The first-order valence-electron chi connectivity index (χ1n) is 5.53. The van der Waals surface area contributed by atoms with Crippen molar-refractivity contribution in [2.75, 3.05) is 13.7 Å². The molecule has 0 saturated heterocycles. The van der Waals surface area contributed by atoms with Crippen LogP contribution in [0, 0.1) is 15.9 Å². The van der Waals surface area contributed by atoms with Gasteiger partial charge in [-0.2, -0.15) is 0 Å². The van der Waals surface area contributed by atoms with Gasteiger partial charge in [-0.3, -0.25) is 10.1 Å². The Kier molecular flexibility index (Phi) is 4.08. The van der Waals surface area contributed by atoms with Crippen LogP contribution in [-0.4, -0.2) is 31.0 Å². The number of nitro groups is 1. The van der Waals surface area contributed by atoms with Crippen LogP contribution in [0.1, 0.15) is 0 Å². The van der Waals surface area contributed by atoms with E-state index in [1.807, 2.05) is 0 Å². The van der Waals surface area contributed by atoms with E-state index in [4.69, 9.17) is 14.2 Å². The van der Waals surface area contributed by atoms with Gasteiger partial charge in [0.2, 0.25) is 5.75 Å². The van der Waals surface area contributed by atoms with Gasteiger partial charge in [0.1, 0.15) is 11.9 Å².